The van der Waals surface area contributed by atoms with Gasteiger partial charge in [-0.25, -0.2) is 0 Å². The predicted molar refractivity (Wildman–Crippen MR) is 238 cm³/mol. The van der Waals surface area contributed by atoms with E-state index in [2.05, 4.69) is 70.4 Å². The molecule has 0 radical (unpaired) electrons. The summed E-state index contributed by atoms with van der Waals surface area (Å²) in [7, 11) is -1.86. The first kappa shape index (κ1) is 52.0. The molecule has 0 saturated carbocycles. The number of carbonyl (C=O) groups excluding carboxylic acids is 7. The molecule has 0 aliphatic rings. The monoisotopic (exact) mass is 1010 g/mol. The molecular weight excluding hydrogens is 956 g/mol. The van der Waals surface area contributed by atoms with Crippen molar-refractivity contribution in [3.8, 4) is 0 Å². The van der Waals surface area contributed by atoms with Crippen molar-refractivity contribution in [2.24, 2.45) is 5.73 Å². The lowest BCUT2D eigenvalue weighted by Gasteiger charge is -2.27. The minimum Gasteiger partial charge on any atom is -0.426 e. The normalized spacial score (nSPS) is 13.4. The van der Waals surface area contributed by atoms with Crippen LogP contribution < -0.4 is 37.6 Å². The summed E-state index contributed by atoms with van der Waals surface area (Å²) in [5.41, 5.74) is 6.60. The summed E-state index contributed by atoms with van der Waals surface area (Å²) < 4.78 is 1.02. The zero-order chi connectivity index (χ0) is 44.5. The number of rotatable bonds is 29. The Bertz CT molecular complexity index is 1680. The molecule has 0 heterocycles. The second kappa shape index (κ2) is 29.2. The quantitative estimate of drug-likeness (QED) is 0.0238. The minimum atomic E-state index is -1.86. The maximum Gasteiger partial charge on any atom is 0.475 e. The Morgan fingerprint density at radius 3 is 1.90 bits per heavy atom. The van der Waals surface area contributed by atoms with Crippen molar-refractivity contribution >= 4 is 87.0 Å². The number of unbranched alkanes of at least 4 members (excludes halogenated alkanes) is 3. The molecule has 7 amide bonds. The molecule has 0 fully saturated rings. The molecule has 2 aromatic rings. The van der Waals surface area contributed by atoms with Crippen molar-refractivity contribution in [3.05, 3.63) is 69.3 Å². The molecule has 2 aromatic carbocycles. The van der Waals surface area contributed by atoms with Gasteiger partial charge in [-0.1, -0.05) is 72.4 Å². The lowest BCUT2D eigenvalue weighted by atomic mass is 9.76. The number of primary amides is 1. The van der Waals surface area contributed by atoms with Crippen LogP contribution in [0.1, 0.15) is 93.5 Å². The summed E-state index contributed by atoms with van der Waals surface area (Å²) in [5.74, 6) is -5.70. The highest BCUT2D eigenvalue weighted by atomic mass is 127. The summed E-state index contributed by atoms with van der Waals surface area (Å²) in [4.78, 5) is 91.1. The maximum absolute atomic E-state index is 13.6. The number of benzene rings is 2. The van der Waals surface area contributed by atoms with Crippen molar-refractivity contribution in [2.75, 3.05) is 18.5 Å². The Morgan fingerprint density at radius 1 is 0.700 bits per heavy atom. The fourth-order valence-corrected chi connectivity index (χ4v) is 6.62. The van der Waals surface area contributed by atoms with Gasteiger partial charge >= 0.3 is 7.12 Å². The third kappa shape index (κ3) is 20.4. The molecule has 60 heavy (non-hydrogen) atoms. The fourth-order valence-electron chi connectivity index (χ4n) is 5.94. The molecule has 5 atom stereocenters. The molecule has 0 spiro atoms. The van der Waals surface area contributed by atoms with E-state index in [9.17, 15) is 48.7 Å². The van der Waals surface area contributed by atoms with Crippen LogP contribution in [0.25, 0.3) is 0 Å². The van der Waals surface area contributed by atoms with Crippen LogP contribution in [0, 0.1) is 3.57 Å². The van der Waals surface area contributed by atoms with Crippen LogP contribution in [0.4, 0.5) is 0 Å². The number of alkyl halides is 1. The van der Waals surface area contributed by atoms with E-state index in [-0.39, 0.29) is 44.4 Å². The van der Waals surface area contributed by atoms with Crippen LogP contribution in [0.5, 0.6) is 0 Å². The van der Waals surface area contributed by atoms with Gasteiger partial charge in [0.1, 0.15) is 24.2 Å². The van der Waals surface area contributed by atoms with Crippen molar-refractivity contribution in [1.82, 2.24) is 31.9 Å². The Labute approximate surface area is 373 Å². The average Bonchev–Trinajstić information content (AvgIpc) is 3.22. The van der Waals surface area contributed by atoms with E-state index in [0.29, 0.717) is 61.5 Å². The van der Waals surface area contributed by atoms with Crippen LogP contribution in [-0.4, -0.2) is 112 Å². The van der Waals surface area contributed by atoms with E-state index in [0.717, 1.165) is 3.57 Å². The van der Waals surface area contributed by atoms with Crippen LogP contribution >= 0.6 is 38.5 Å². The van der Waals surface area contributed by atoms with Gasteiger partial charge in [0.05, 0.1) is 12.5 Å². The second-order valence-corrected chi connectivity index (χ2v) is 16.3. The number of amides is 7. The van der Waals surface area contributed by atoms with E-state index in [1.165, 1.54) is 0 Å². The van der Waals surface area contributed by atoms with Gasteiger partial charge in [-0.3, -0.25) is 33.6 Å². The first-order valence-electron chi connectivity index (χ1n) is 20.1. The number of aliphatic hydroxyl groups is 1. The number of hydrogen-bond donors (Lipinski definition) is 10. The van der Waals surface area contributed by atoms with Crippen LogP contribution in [0.3, 0.4) is 0 Å². The van der Waals surface area contributed by atoms with E-state index in [4.69, 9.17) is 5.73 Å². The third-order valence-corrected chi connectivity index (χ3v) is 10.6. The zero-order valence-corrected chi connectivity index (χ0v) is 37.5. The van der Waals surface area contributed by atoms with Crippen molar-refractivity contribution in [3.63, 3.8) is 0 Å². The Kier molecular flexibility index (Phi) is 25.3. The molecule has 0 bridgehead atoms. The third-order valence-electron chi connectivity index (χ3n) is 9.35. The summed E-state index contributed by atoms with van der Waals surface area (Å²) in [6.45, 7) is 1.40. The van der Waals surface area contributed by atoms with Gasteiger partial charge in [0, 0.05) is 40.3 Å². The molecule has 2 rings (SSSR count). The van der Waals surface area contributed by atoms with Crippen LogP contribution in [0.15, 0.2) is 54.6 Å². The Balaban J connectivity index is 2.10. The van der Waals surface area contributed by atoms with Gasteiger partial charge < -0.3 is 52.8 Å². The molecule has 0 aliphatic heterocycles. The van der Waals surface area contributed by atoms with Gasteiger partial charge in [0.2, 0.25) is 35.4 Å². The van der Waals surface area contributed by atoms with Crippen molar-refractivity contribution in [1.29, 1.82) is 0 Å². The second-order valence-electron chi connectivity index (χ2n) is 14.3. The summed E-state index contributed by atoms with van der Waals surface area (Å²) in [5, 5.41) is 46.0. The van der Waals surface area contributed by atoms with E-state index < -0.39 is 79.3 Å². The minimum absolute atomic E-state index is 0.0535. The van der Waals surface area contributed by atoms with Crippen LogP contribution in [-0.2, 0) is 35.2 Å². The van der Waals surface area contributed by atoms with E-state index in [1.54, 1.807) is 42.5 Å². The summed E-state index contributed by atoms with van der Waals surface area (Å²) in [6, 6.07) is 10.7. The largest absolute Gasteiger partial charge is 0.475 e. The number of nitrogens with one attached hydrogen (secondary N) is 6. The fraction of sp³-hybridized carbons (Fsp3) is 0.525. The van der Waals surface area contributed by atoms with Crippen molar-refractivity contribution < 1.29 is 48.7 Å². The average molecular weight is 1010 g/mol. The van der Waals surface area contributed by atoms with Gasteiger partial charge in [-0.15, -0.1) is 0 Å². The Hall–Kier alpha value is -4.12. The number of carbonyl (C=O) groups is 7. The van der Waals surface area contributed by atoms with Gasteiger partial charge in [0.15, 0.2) is 0 Å². The van der Waals surface area contributed by atoms with E-state index in [1.807, 2.05) is 19.1 Å². The highest BCUT2D eigenvalue weighted by Gasteiger charge is 2.33. The molecule has 0 saturated heterocycles. The van der Waals surface area contributed by atoms with E-state index >= 15 is 0 Å². The topological polar surface area (TPSA) is 278 Å². The first-order chi connectivity index (χ1) is 28.7. The molecule has 0 aliphatic carbocycles. The molecular formula is C40H58BBrIN7O10. The molecule has 330 valence electrons. The Morgan fingerprint density at radius 2 is 1.30 bits per heavy atom. The number of aliphatic hydroxyl groups excluding tert-OH is 1. The smallest absolute Gasteiger partial charge is 0.426 e. The lowest BCUT2D eigenvalue weighted by Crippen LogP contribution is -2.60. The molecule has 0 unspecified atom stereocenters. The molecule has 0 aromatic heterocycles. The number of nitrogens with two attached hydrogens (primary N) is 1. The SMILES string of the molecule is CCCC[C@H](NC(=O)[C@H](CCC(N)=O)NC(=O)[C@H](CO)NC(=O)[C@H](Cc1ccccc1)NC(=O)CCCCCNC(=O)c1ccc(I)cc1)C(=O)N[C@H](CCCBr)B(O)O. The van der Waals surface area contributed by atoms with Gasteiger partial charge in [0.25, 0.3) is 5.91 Å². The van der Waals surface area contributed by atoms with Gasteiger partial charge in [-0.2, -0.15) is 0 Å². The summed E-state index contributed by atoms with van der Waals surface area (Å²) >= 11 is 5.43. The number of hydrogen-bond acceptors (Lipinski definition) is 10. The van der Waals surface area contributed by atoms with Gasteiger partial charge in [-0.05, 0) is 90.9 Å². The lowest BCUT2D eigenvalue weighted by molar-refractivity contribution is -0.135. The highest BCUT2D eigenvalue weighted by Crippen LogP contribution is 2.10. The maximum atomic E-state index is 13.6. The standard InChI is InChI=1S/C40H58BBrIN7O10/c1-2-3-13-29(38(56)50-33(41(59)60)14-10-22-42)47-37(55)30(20-21-34(44)52)48-40(58)32(25-51)49-39(57)31(24-26-11-6-4-7-12-26)46-35(53)15-8-5-9-23-45-36(54)27-16-18-28(43)19-17-27/h4,6-7,11-12,16-19,29-33,51,59-60H,2-3,5,8-10,13-15,20-25H2,1H3,(H2,44,52)(H,45,54)(H,46,53)(H,47,55)(H,48,58)(H,49,57)(H,50,56)/t29-,30-,31-,32-,33+/m0/s1. The molecule has 17 nitrogen and oxygen atoms in total. The number of halogens is 2. The zero-order valence-electron chi connectivity index (χ0n) is 33.8. The predicted octanol–water partition coefficient (Wildman–Crippen LogP) is 0.883. The highest BCUT2D eigenvalue weighted by molar-refractivity contribution is 14.1. The molecule has 11 N–H and O–H groups in total. The van der Waals surface area contributed by atoms with Crippen LogP contribution in [0.2, 0.25) is 0 Å². The summed E-state index contributed by atoms with van der Waals surface area (Å²) in [6.07, 6.45) is 3.36. The molecule has 20 heteroatoms. The first-order valence-corrected chi connectivity index (χ1v) is 22.3. The van der Waals surface area contributed by atoms with Crippen molar-refractivity contribution in [2.45, 2.75) is 114 Å².